The molecule has 150 valence electrons. The van der Waals surface area contributed by atoms with Crippen molar-refractivity contribution in [1.29, 1.82) is 0 Å². The second kappa shape index (κ2) is 8.89. The molecule has 1 aliphatic carbocycles. The largest absolute Gasteiger partial charge is 0.355 e. The first-order valence-electron chi connectivity index (χ1n) is 10.9. The smallest absolute Gasteiger partial charge is 0.0464 e. The minimum absolute atomic E-state index is 1.09. The molecule has 0 spiro atoms. The van der Waals surface area contributed by atoms with E-state index >= 15 is 0 Å². The number of benzene rings is 4. The molecule has 0 heterocycles. The van der Waals surface area contributed by atoms with Crippen LogP contribution in [0.4, 0.5) is 5.69 Å². The highest BCUT2D eigenvalue weighted by Crippen LogP contribution is 2.40. The molecule has 0 atom stereocenters. The van der Waals surface area contributed by atoms with E-state index in [0.29, 0.717) is 0 Å². The average Bonchev–Trinajstić information content (AvgIpc) is 2.86. The lowest BCUT2D eigenvalue weighted by molar-refractivity contribution is 1.02. The molecule has 1 N–H and O–H groups in total. The maximum Gasteiger partial charge on any atom is 0.0464 e. The lowest BCUT2D eigenvalue weighted by atomic mass is 9.89. The van der Waals surface area contributed by atoms with Crippen molar-refractivity contribution in [3.05, 3.63) is 127 Å². The fourth-order valence-electron chi connectivity index (χ4n) is 4.23. The van der Waals surface area contributed by atoms with E-state index in [9.17, 15) is 0 Å². The third kappa shape index (κ3) is 4.08. The van der Waals surface area contributed by atoms with E-state index in [1.54, 1.807) is 0 Å². The lowest BCUT2D eigenvalue weighted by Crippen LogP contribution is -2.01. The fourth-order valence-corrected chi connectivity index (χ4v) is 4.23. The van der Waals surface area contributed by atoms with Crippen molar-refractivity contribution in [2.45, 2.75) is 12.8 Å². The molecule has 0 aromatic heterocycles. The number of para-hydroxylation sites is 1. The molecular formula is C30H25N. The van der Waals surface area contributed by atoms with Crippen LogP contribution in [0.25, 0.3) is 33.4 Å². The Morgan fingerprint density at radius 1 is 0.484 bits per heavy atom. The van der Waals surface area contributed by atoms with E-state index in [0.717, 1.165) is 18.5 Å². The Hall–Kier alpha value is -3.84. The zero-order chi connectivity index (χ0) is 20.9. The van der Waals surface area contributed by atoms with Crippen LogP contribution in [0.5, 0.6) is 0 Å². The minimum atomic E-state index is 1.09. The average molecular weight is 400 g/mol. The van der Waals surface area contributed by atoms with Crippen molar-refractivity contribution in [1.82, 2.24) is 0 Å². The van der Waals surface area contributed by atoms with Gasteiger partial charge < -0.3 is 5.32 Å². The van der Waals surface area contributed by atoms with Crippen molar-refractivity contribution < 1.29 is 0 Å². The van der Waals surface area contributed by atoms with Crippen LogP contribution in [-0.4, -0.2) is 0 Å². The van der Waals surface area contributed by atoms with E-state index in [1.165, 1.54) is 39.1 Å². The molecule has 4 aromatic carbocycles. The first kappa shape index (κ1) is 19.1. The summed E-state index contributed by atoms with van der Waals surface area (Å²) in [6.07, 6.45) is 8.88. The summed E-state index contributed by atoms with van der Waals surface area (Å²) in [4.78, 5) is 0. The van der Waals surface area contributed by atoms with Crippen molar-refractivity contribution in [2.24, 2.45) is 0 Å². The number of hydrogen-bond donors (Lipinski definition) is 1. The van der Waals surface area contributed by atoms with E-state index in [-0.39, 0.29) is 0 Å². The van der Waals surface area contributed by atoms with Crippen LogP contribution in [0.3, 0.4) is 0 Å². The lowest BCUT2D eigenvalue weighted by Gasteiger charge is -2.18. The molecule has 1 heteroatoms. The molecule has 0 bridgehead atoms. The van der Waals surface area contributed by atoms with Crippen LogP contribution in [0, 0.1) is 0 Å². The van der Waals surface area contributed by atoms with E-state index < -0.39 is 0 Å². The summed E-state index contributed by atoms with van der Waals surface area (Å²) in [5.74, 6) is 0. The Morgan fingerprint density at radius 2 is 1.03 bits per heavy atom. The highest BCUT2D eigenvalue weighted by atomic mass is 14.9. The van der Waals surface area contributed by atoms with Gasteiger partial charge in [-0.15, -0.1) is 0 Å². The van der Waals surface area contributed by atoms with Gasteiger partial charge >= 0.3 is 0 Å². The standard InChI is InChI=1S/C30H25N/c1-3-13-23(14-4-1)25-17-7-8-18-26(25)27-19-9-10-20-28(27)29-21-11-12-22-30(29)31-24-15-5-2-6-16-24/h1,3-5,7-22,31H,2,6H2. The minimum Gasteiger partial charge on any atom is -0.355 e. The Balaban J connectivity index is 1.64. The van der Waals surface area contributed by atoms with Crippen molar-refractivity contribution in [3.8, 4) is 33.4 Å². The summed E-state index contributed by atoms with van der Waals surface area (Å²) >= 11 is 0. The molecule has 5 rings (SSSR count). The number of rotatable bonds is 5. The summed E-state index contributed by atoms with van der Waals surface area (Å²) in [6, 6.07) is 36.6. The van der Waals surface area contributed by atoms with Crippen molar-refractivity contribution >= 4 is 5.69 Å². The Labute approximate surface area is 184 Å². The second-order valence-corrected chi connectivity index (χ2v) is 7.77. The summed E-state index contributed by atoms with van der Waals surface area (Å²) in [6.45, 7) is 0. The van der Waals surface area contributed by atoms with E-state index in [4.69, 9.17) is 0 Å². The molecule has 1 nitrogen and oxygen atoms in total. The van der Waals surface area contributed by atoms with Crippen LogP contribution in [-0.2, 0) is 0 Å². The molecule has 1 aliphatic rings. The third-order valence-corrected chi connectivity index (χ3v) is 5.72. The number of allylic oxidation sites excluding steroid dienone is 3. The van der Waals surface area contributed by atoms with Gasteiger partial charge in [-0.1, -0.05) is 109 Å². The molecule has 0 saturated heterocycles. The molecule has 0 radical (unpaired) electrons. The quantitative estimate of drug-likeness (QED) is 0.356. The Morgan fingerprint density at radius 3 is 1.71 bits per heavy atom. The van der Waals surface area contributed by atoms with Crippen LogP contribution < -0.4 is 5.32 Å². The molecule has 0 amide bonds. The van der Waals surface area contributed by atoms with Crippen LogP contribution in [0.1, 0.15) is 12.8 Å². The first-order chi connectivity index (χ1) is 15.4. The van der Waals surface area contributed by atoms with Crippen LogP contribution in [0.15, 0.2) is 127 Å². The van der Waals surface area contributed by atoms with Gasteiger partial charge in [0.05, 0.1) is 0 Å². The highest BCUT2D eigenvalue weighted by Gasteiger charge is 2.14. The molecule has 31 heavy (non-hydrogen) atoms. The zero-order valence-corrected chi connectivity index (χ0v) is 17.5. The second-order valence-electron chi connectivity index (χ2n) is 7.77. The van der Waals surface area contributed by atoms with Gasteiger partial charge in [0.2, 0.25) is 0 Å². The summed E-state index contributed by atoms with van der Waals surface area (Å²) in [7, 11) is 0. The molecule has 0 fully saturated rings. The van der Waals surface area contributed by atoms with Crippen LogP contribution in [0.2, 0.25) is 0 Å². The molecular weight excluding hydrogens is 374 g/mol. The monoisotopic (exact) mass is 399 g/mol. The third-order valence-electron chi connectivity index (χ3n) is 5.72. The Kier molecular flexibility index (Phi) is 5.49. The zero-order valence-electron chi connectivity index (χ0n) is 17.5. The van der Waals surface area contributed by atoms with Crippen molar-refractivity contribution in [3.63, 3.8) is 0 Å². The van der Waals surface area contributed by atoms with E-state index in [1.807, 2.05) is 0 Å². The predicted molar refractivity (Wildman–Crippen MR) is 133 cm³/mol. The van der Waals surface area contributed by atoms with Gasteiger partial charge in [0.25, 0.3) is 0 Å². The summed E-state index contributed by atoms with van der Waals surface area (Å²) < 4.78 is 0. The molecule has 0 aliphatic heterocycles. The fraction of sp³-hybridized carbons (Fsp3) is 0.0667. The molecule has 0 saturated carbocycles. The number of hydrogen-bond acceptors (Lipinski definition) is 1. The maximum absolute atomic E-state index is 3.65. The SMILES string of the molecule is C1=CC(Nc2ccccc2-c2ccccc2-c2ccccc2-c2ccccc2)=CCC1. The normalized spacial score (nSPS) is 13.0. The van der Waals surface area contributed by atoms with Gasteiger partial charge in [0.1, 0.15) is 0 Å². The van der Waals surface area contributed by atoms with Gasteiger partial charge in [0.15, 0.2) is 0 Å². The van der Waals surface area contributed by atoms with Gasteiger partial charge in [-0.2, -0.15) is 0 Å². The maximum atomic E-state index is 3.65. The first-order valence-corrected chi connectivity index (χ1v) is 10.9. The number of anilines is 1. The highest BCUT2D eigenvalue weighted by molar-refractivity contribution is 5.94. The Bertz CT molecular complexity index is 1250. The van der Waals surface area contributed by atoms with Gasteiger partial charge in [-0.3, -0.25) is 0 Å². The topological polar surface area (TPSA) is 12.0 Å². The molecule has 4 aromatic rings. The predicted octanol–water partition coefficient (Wildman–Crippen LogP) is 8.33. The summed E-state index contributed by atoms with van der Waals surface area (Å²) in [5.41, 5.74) is 9.71. The van der Waals surface area contributed by atoms with E-state index in [2.05, 4.69) is 127 Å². The van der Waals surface area contributed by atoms with Crippen LogP contribution >= 0.6 is 0 Å². The van der Waals surface area contributed by atoms with Gasteiger partial charge in [-0.05, 0) is 52.8 Å². The molecule has 0 unspecified atom stereocenters. The summed E-state index contributed by atoms with van der Waals surface area (Å²) in [5, 5.41) is 3.65. The van der Waals surface area contributed by atoms with Gasteiger partial charge in [0, 0.05) is 16.9 Å². The van der Waals surface area contributed by atoms with Crippen molar-refractivity contribution in [2.75, 3.05) is 5.32 Å². The van der Waals surface area contributed by atoms with Gasteiger partial charge in [-0.25, -0.2) is 0 Å². The number of nitrogens with one attached hydrogen (secondary N) is 1.